The molecule has 43 heavy (non-hydrogen) atoms. The number of aromatic hydroxyl groups is 2. The molecule has 3 unspecified atom stereocenters. The second-order valence-corrected chi connectivity index (χ2v) is 26.5. The Morgan fingerprint density at radius 1 is 0.674 bits per heavy atom. The van der Waals surface area contributed by atoms with E-state index in [2.05, 4.69) is 65.8 Å². The fourth-order valence-electron chi connectivity index (χ4n) is 6.04. The Hall–Kier alpha value is -0.946. The molecular formula is C36H56O4S2Ti. The molecule has 2 aliphatic rings. The summed E-state index contributed by atoms with van der Waals surface area (Å²) in [7, 11) is 0.564. The van der Waals surface area contributed by atoms with E-state index in [1.165, 1.54) is 49.7 Å². The normalized spacial score (nSPS) is 22.9. The van der Waals surface area contributed by atoms with Crippen molar-refractivity contribution in [3.63, 3.8) is 0 Å². The van der Waals surface area contributed by atoms with Crippen molar-refractivity contribution in [1.82, 2.24) is 0 Å². The Kier molecular flexibility index (Phi) is 11.5. The van der Waals surface area contributed by atoms with Gasteiger partial charge in [0.25, 0.3) is 0 Å². The van der Waals surface area contributed by atoms with Crippen LogP contribution in [0.15, 0.2) is 24.3 Å². The Bertz CT molecular complexity index is 1280. The number of hydrogen-bond donors (Lipinski definition) is 2. The SMILES string of the molecule is CC(C)Oc1cc(C(C)(C)C)cc(C[S]2=[Ti]=[S](Cc3cc(C(C)(C)C)cc(OC(C)C)c3O)[C@H]3CCCCCCC32)c1O. The van der Waals surface area contributed by atoms with Crippen LogP contribution in [0.2, 0.25) is 0 Å². The molecular weight excluding hydrogens is 608 g/mol. The van der Waals surface area contributed by atoms with Gasteiger partial charge in [0.15, 0.2) is 0 Å². The molecule has 7 heteroatoms. The summed E-state index contributed by atoms with van der Waals surface area (Å²) in [5, 5.41) is 24.4. The van der Waals surface area contributed by atoms with Crippen molar-refractivity contribution < 1.29 is 35.1 Å². The van der Waals surface area contributed by atoms with E-state index in [9.17, 15) is 10.2 Å². The molecule has 1 aliphatic carbocycles. The molecule has 0 radical (unpaired) electrons. The van der Waals surface area contributed by atoms with Gasteiger partial charge in [0.2, 0.25) is 0 Å². The summed E-state index contributed by atoms with van der Waals surface area (Å²) in [6.07, 6.45) is 7.97. The predicted molar refractivity (Wildman–Crippen MR) is 183 cm³/mol. The molecule has 2 aromatic rings. The van der Waals surface area contributed by atoms with Gasteiger partial charge in [0.1, 0.15) is 0 Å². The zero-order valence-electron chi connectivity index (χ0n) is 28.3. The molecule has 0 spiro atoms. The zero-order valence-corrected chi connectivity index (χ0v) is 31.5. The first-order chi connectivity index (χ1) is 20.0. The summed E-state index contributed by atoms with van der Waals surface area (Å²) in [5.74, 6) is 3.89. The minimum absolute atomic E-state index is 0.0123. The standard InChI is InChI=1S/C36H56O4S2.Ti/c1-23(2)39-29-19-27(35(5,6)7)17-25(33(29)37)21-41-31-15-13-11-12-14-16-32(31)42-22-26-18-28(36(8,9)10)20-30(34(26)38)40-24(3)4;/h17-20,23-24,31-32,37-38H,11-16,21-22H2,1-10H3;/t31-,32?;/m0./s1. The van der Waals surface area contributed by atoms with Gasteiger partial charge in [-0.2, -0.15) is 0 Å². The molecule has 4 atom stereocenters. The van der Waals surface area contributed by atoms with Crippen molar-refractivity contribution in [2.45, 2.75) is 153 Å². The quantitative estimate of drug-likeness (QED) is 0.276. The van der Waals surface area contributed by atoms with Crippen LogP contribution in [0.1, 0.15) is 130 Å². The van der Waals surface area contributed by atoms with Crippen LogP contribution in [0.3, 0.4) is 0 Å². The third-order valence-electron chi connectivity index (χ3n) is 8.47. The first-order valence-corrected chi connectivity index (χ1v) is 23.0. The molecule has 2 aromatic carbocycles. The van der Waals surface area contributed by atoms with Gasteiger partial charge in [-0.05, 0) is 0 Å². The molecule has 1 fully saturated rings. The van der Waals surface area contributed by atoms with Gasteiger partial charge in [0.05, 0.1) is 0 Å². The summed E-state index contributed by atoms with van der Waals surface area (Å²) in [6, 6.07) is 8.64. The average Bonchev–Trinajstić information content (AvgIpc) is 3.15. The number of phenols is 2. The minimum atomic E-state index is -0.302. The Labute approximate surface area is 271 Å². The third kappa shape index (κ3) is 8.86. The van der Waals surface area contributed by atoms with Crippen LogP contribution >= 0.6 is 15.9 Å². The van der Waals surface area contributed by atoms with Gasteiger partial charge in [-0.25, -0.2) is 0 Å². The number of hydrogen-bond acceptors (Lipinski definition) is 4. The van der Waals surface area contributed by atoms with Gasteiger partial charge in [0, 0.05) is 0 Å². The maximum atomic E-state index is 11.5. The van der Waals surface area contributed by atoms with E-state index in [1.54, 1.807) is 0 Å². The summed E-state index contributed by atoms with van der Waals surface area (Å²) in [5.41, 5.74) is 4.57. The van der Waals surface area contributed by atoms with E-state index in [0.29, 0.717) is 23.0 Å². The van der Waals surface area contributed by atoms with E-state index >= 15 is 0 Å². The molecule has 0 saturated heterocycles. The molecule has 0 amide bonds. The molecule has 1 aliphatic heterocycles. The molecule has 0 aromatic heterocycles. The van der Waals surface area contributed by atoms with Gasteiger partial charge in [-0.15, -0.1) is 0 Å². The van der Waals surface area contributed by atoms with Crippen molar-refractivity contribution in [2.24, 2.45) is 0 Å². The van der Waals surface area contributed by atoms with Crippen molar-refractivity contribution in [3.05, 3.63) is 46.5 Å². The predicted octanol–water partition coefficient (Wildman–Crippen LogP) is 10.5. The average molecular weight is 665 g/mol. The fraction of sp³-hybridized carbons (Fsp3) is 0.667. The Morgan fingerprint density at radius 2 is 1.05 bits per heavy atom. The van der Waals surface area contributed by atoms with E-state index < -0.39 is 0 Å². The van der Waals surface area contributed by atoms with Gasteiger partial charge < -0.3 is 0 Å². The van der Waals surface area contributed by atoms with Crippen molar-refractivity contribution in [2.75, 3.05) is 0 Å². The number of rotatable bonds is 8. The maximum absolute atomic E-state index is 11.5. The summed E-state index contributed by atoms with van der Waals surface area (Å²) < 4.78 is 12.3. The van der Waals surface area contributed by atoms with Crippen LogP contribution in [-0.4, -0.2) is 32.9 Å². The van der Waals surface area contributed by atoms with Crippen LogP contribution in [0.5, 0.6) is 23.0 Å². The summed E-state index contributed by atoms with van der Waals surface area (Å²) in [6.45, 7) is 21.6. The fourth-order valence-corrected chi connectivity index (χ4v) is 26.9. The zero-order chi connectivity index (χ0) is 31.7. The van der Waals surface area contributed by atoms with Crippen molar-refractivity contribution in [3.8, 4) is 23.0 Å². The number of fused-ring (bicyclic) bond motifs is 1. The molecule has 2 N–H and O–H groups in total. The second kappa shape index (κ2) is 14.2. The van der Waals surface area contributed by atoms with E-state index in [1.807, 2.05) is 27.7 Å². The summed E-state index contributed by atoms with van der Waals surface area (Å²) >= 11 is -0.302. The molecule has 4 rings (SSSR count). The Balaban J connectivity index is 1.81. The second-order valence-electron chi connectivity index (χ2n) is 15.1. The number of benzene rings is 2. The molecule has 240 valence electrons. The van der Waals surface area contributed by atoms with E-state index in [4.69, 9.17) is 9.47 Å². The topological polar surface area (TPSA) is 58.9 Å². The van der Waals surface area contributed by atoms with Gasteiger partial charge >= 0.3 is 273 Å². The van der Waals surface area contributed by atoms with Crippen LogP contribution < -0.4 is 9.47 Å². The van der Waals surface area contributed by atoms with Gasteiger partial charge in [-0.3, -0.25) is 0 Å². The van der Waals surface area contributed by atoms with E-state index in [-0.39, 0.29) is 54.4 Å². The Morgan fingerprint density at radius 3 is 1.37 bits per heavy atom. The number of ether oxygens (including phenoxy) is 2. The molecule has 1 saturated carbocycles. The van der Waals surface area contributed by atoms with Crippen LogP contribution in [0.25, 0.3) is 0 Å². The molecule has 0 bridgehead atoms. The third-order valence-corrected chi connectivity index (χ3v) is 24.4. The van der Waals surface area contributed by atoms with Gasteiger partial charge in [-0.1, -0.05) is 0 Å². The van der Waals surface area contributed by atoms with Crippen molar-refractivity contribution in [1.29, 1.82) is 0 Å². The summed E-state index contributed by atoms with van der Waals surface area (Å²) in [4.78, 5) is 0. The van der Waals surface area contributed by atoms with E-state index in [0.717, 1.165) is 33.1 Å². The monoisotopic (exact) mass is 664 g/mol. The first kappa shape index (κ1) is 34.9. The first-order valence-electron chi connectivity index (χ1n) is 16.3. The van der Waals surface area contributed by atoms with Crippen LogP contribution in [-0.2, 0) is 37.8 Å². The van der Waals surface area contributed by atoms with Crippen molar-refractivity contribution >= 4 is 15.9 Å². The van der Waals surface area contributed by atoms with Crippen LogP contribution in [0, 0.1) is 0 Å². The molecule has 1 heterocycles. The number of phenolic OH excluding ortho intramolecular Hbond substituents is 2. The van der Waals surface area contributed by atoms with Crippen LogP contribution in [0.4, 0.5) is 0 Å². The molecule has 4 nitrogen and oxygen atoms in total.